The Hall–Kier alpha value is -5.84. The van der Waals surface area contributed by atoms with Crippen LogP contribution in [0.4, 0.5) is 13.2 Å². The topological polar surface area (TPSA) is 132 Å². The van der Waals surface area contributed by atoms with E-state index in [1.807, 2.05) is 12.1 Å². The normalized spacial score (nSPS) is 22.0. The van der Waals surface area contributed by atoms with Crippen LogP contribution < -0.4 is 10.6 Å². The number of hydrogen-bond donors (Lipinski definition) is 2. The highest BCUT2D eigenvalue weighted by Crippen LogP contribution is 2.56. The Morgan fingerprint density at radius 3 is 1.60 bits per heavy atom. The Morgan fingerprint density at radius 1 is 0.635 bits per heavy atom. The number of benzene rings is 4. The predicted octanol–water partition coefficient (Wildman–Crippen LogP) is 8.28. The van der Waals surface area contributed by atoms with E-state index in [4.69, 9.17) is 10.00 Å². The van der Waals surface area contributed by atoms with E-state index >= 15 is 0 Å². The van der Waals surface area contributed by atoms with Crippen molar-refractivity contribution in [2.24, 2.45) is 5.41 Å². The molecule has 2 aliphatic heterocycles. The molecule has 3 saturated carbocycles. The number of nitrogens with zero attached hydrogens (tertiary/aromatic N) is 3. The molecule has 13 heteroatoms. The van der Waals surface area contributed by atoms with Crippen molar-refractivity contribution >= 4 is 23.8 Å². The first-order chi connectivity index (χ1) is 30.3. The number of esters is 2. The second-order valence-corrected chi connectivity index (χ2v) is 18.4. The van der Waals surface area contributed by atoms with Crippen LogP contribution in [0.3, 0.4) is 0 Å². The highest BCUT2D eigenvalue weighted by atomic mass is 19.4. The van der Waals surface area contributed by atoms with Crippen LogP contribution in [0.5, 0.6) is 0 Å². The minimum Gasteiger partial charge on any atom is -0.386 e. The van der Waals surface area contributed by atoms with Crippen molar-refractivity contribution in [3.63, 3.8) is 0 Å². The fourth-order valence-corrected chi connectivity index (χ4v) is 9.60. The van der Waals surface area contributed by atoms with Crippen molar-refractivity contribution in [2.45, 2.75) is 113 Å². The van der Waals surface area contributed by atoms with Gasteiger partial charge < -0.3 is 15.4 Å². The van der Waals surface area contributed by atoms with Crippen LogP contribution in [0.15, 0.2) is 97.1 Å². The third kappa shape index (κ3) is 9.29. The molecule has 0 radical (unpaired) electrons. The van der Waals surface area contributed by atoms with Crippen molar-refractivity contribution in [1.29, 1.82) is 5.26 Å². The summed E-state index contributed by atoms with van der Waals surface area (Å²) in [6.07, 6.45) is 5.13. The quantitative estimate of drug-likeness (QED) is 0.108. The number of rotatable bonds is 12. The predicted molar refractivity (Wildman–Crippen MR) is 226 cm³/mol. The fourth-order valence-electron chi connectivity index (χ4n) is 9.60. The summed E-state index contributed by atoms with van der Waals surface area (Å²) in [4.78, 5) is 58.3. The van der Waals surface area contributed by atoms with E-state index < -0.39 is 40.8 Å². The lowest BCUT2D eigenvalue weighted by Gasteiger charge is -2.39. The lowest BCUT2D eigenvalue weighted by Crippen LogP contribution is -2.53. The largest absolute Gasteiger partial charge is 0.416 e. The number of nitrogens with one attached hydrogen (secondary N) is 2. The minimum absolute atomic E-state index is 0.0203. The number of halogens is 3. The molecule has 2 amide bonds. The molecule has 5 aliphatic rings. The SMILES string of the molecule is N#Cc1ccc(CN2CCCCC2C(=O)NC2(c3ccc(C(=O)OC(=O)c4ccc(C5(NC(=O)C6CC7(CCN6Cc6ccc(C(F)(F)F)cc6)CC7)CC5)cc4)cc3)CC2)cc1. The first-order valence-electron chi connectivity index (χ1n) is 22.0. The van der Waals surface area contributed by atoms with Gasteiger partial charge in [0.1, 0.15) is 0 Å². The number of likely N-dealkylation sites (tertiary alicyclic amines) is 2. The summed E-state index contributed by atoms with van der Waals surface area (Å²) in [5.74, 6) is -1.72. The van der Waals surface area contributed by atoms with E-state index in [-0.39, 0.29) is 34.4 Å². The zero-order chi connectivity index (χ0) is 44.0. The number of alkyl halides is 3. The number of nitriles is 1. The van der Waals surface area contributed by atoms with E-state index in [1.54, 1.807) is 60.7 Å². The van der Waals surface area contributed by atoms with Crippen LogP contribution in [-0.4, -0.2) is 58.7 Å². The van der Waals surface area contributed by atoms with Gasteiger partial charge in [-0.25, -0.2) is 9.59 Å². The summed E-state index contributed by atoms with van der Waals surface area (Å²) in [6, 6.07) is 27.6. The molecule has 326 valence electrons. The Kier molecular flexibility index (Phi) is 11.3. The van der Waals surface area contributed by atoms with Crippen LogP contribution in [0, 0.1) is 16.7 Å². The molecule has 2 N–H and O–H groups in total. The maximum atomic E-state index is 14.0. The van der Waals surface area contributed by atoms with Crippen molar-refractivity contribution < 1.29 is 37.1 Å². The monoisotopic (exact) mass is 857 g/mol. The molecule has 3 aliphatic carbocycles. The molecule has 5 fully saturated rings. The standard InChI is InChI=1S/C50H50F3N5O5/c51-50(52,53)40-14-8-35(9-15-40)32-58-28-26-47(20-21-47)29-42(58)44(60)56-49(24-25-49)39-18-12-37(13-19-39)46(62)63-45(61)36-10-16-38(17-11-36)48(22-23-48)55-43(59)41-3-1-2-27-57(41)31-34-6-4-33(30-54)5-7-34/h4-19,41-42H,1-3,20-29,31-32H2,(H,55,59)(H,56,60). The number of hydrogen-bond acceptors (Lipinski definition) is 8. The van der Waals surface area contributed by atoms with Crippen LogP contribution in [0.25, 0.3) is 0 Å². The zero-order valence-electron chi connectivity index (χ0n) is 35.0. The molecule has 0 bridgehead atoms. The smallest absolute Gasteiger partial charge is 0.386 e. The van der Waals surface area contributed by atoms with Crippen LogP contribution >= 0.6 is 0 Å². The van der Waals surface area contributed by atoms with E-state index in [0.29, 0.717) is 31.6 Å². The van der Waals surface area contributed by atoms with Gasteiger partial charge in [0, 0.05) is 13.1 Å². The summed E-state index contributed by atoms with van der Waals surface area (Å²) in [6.45, 7) is 2.50. The van der Waals surface area contributed by atoms with E-state index in [0.717, 1.165) is 105 Å². The van der Waals surface area contributed by atoms with Crippen LogP contribution in [-0.2, 0) is 44.7 Å². The molecule has 2 heterocycles. The molecular formula is C50H50F3N5O5. The van der Waals surface area contributed by atoms with Crippen molar-refractivity contribution in [3.05, 3.63) is 142 Å². The second-order valence-electron chi connectivity index (χ2n) is 18.4. The summed E-state index contributed by atoms with van der Waals surface area (Å²) in [7, 11) is 0. The lowest BCUT2D eigenvalue weighted by atomic mass is 9.86. The van der Waals surface area contributed by atoms with Gasteiger partial charge in [0.05, 0.1) is 51.5 Å². The third-order valence-electron chi connectivity index (χ3n) is 14.1. The molecule has 2 unspecified atom stereocenters. The van der Waals surface area contributed by atoms with Gasteiger partial charge >= 0.3 is 18.1 Å². The molecule has 10 nitrogen and oxygen atoms in total. The Bertz CT molecular complexity index is 2420. The van der Waals surface area contributed by atoms with Gasteiger partial charge in [0.2, 0.25) is 11.8 Å². The van der Waals surface area contributed by atoms with Crippen LogP contribution in [0.2, 0.25) is 0 Å². The lowest BCUT2D eigenvalue weighted by molar-refractivity contribution is -0.137. The Labute approximate surface area is 364 Å². The van der Waals surface area contributed by atoms with E-state index in [2.05, 4.69) is 26.5 Å². The Balaban J connectivity index is 0.789. The minimum atomic E-state index is -4.41. The van der Waals surface area contributed by atoms with Gasteiger partial charge in [0.15, 0.2) is 0 Å². The van der Waals surface area contributed by atoms with Gasteiger partial charge in [-0.1, -0.05) is 55.0 Å². The van der Waals surface area contributed by atoms with Gasteiger partial charge in [0.25, 0.3) is 0 Å². The first kappa shape index (κ1) is 42.5. The summed E-state index contributed by atoms with van der Waals surface area (Å²) >= 11 is 0. The number of ether oxygens (including phenoxy) is 1. The van der Waals surface area contributed by atoms with E-state index in [9.17, 15) is 32.3 Å². The zero-order valence-corrected chi connectivity index (χ0v) is 35.0. The van der Waals surface area contributed by atoms with Gasteiger partial charge in [-0.05, 0) is 153 Å². The molecule has 63 heavy (non-hydrogen) atoms. The number of piperidine rings is 2. The van der Waals surface area contributed by atoms with E-state index in [1.165, 1.54) is 12.1 Å². The molecule has 9 rings (SSSR count). The van der Waals surface area contributed by atoms with Gasteiger partial charge in [-0.2, -0.15) is 18.4 Å². The van der Waals surface area contributed by atoms with Crippen molar-refractivity contribution in [3.8, 4) is 6.07 Å². The maximum absolute atomic E-state index is 14.0. The average molecular weight is 858 g/mol. The van der Waals surface area contributed by atoms with Crippen molar-refractivity contribution in [1.82, 2.24) is 20.4 Å². The summed E-state index contributed by atoms with van der Waals surface area (Å²) < 4.78 is 44.8. The number of carbonyl (C=O) groups excluding carboxylic acids is 4. The fraction of sp³-hybridized carbons (Fsp3) is 0.420. The van der Waals surface area contributed by atoms with Crippen molar-refractivity contribution in [2.75, 3.05) is 13.1 Å². The number of amides is 2. The molecular weight excluding hydrogens is 808 g/mol. The third-order valence-corrected chi connectivity index (χ3v) is 14.1. The first-order valence-corrected chi connectivity index (χ1v) is 22.0. The highest BCUT2D eigenvalue weighted by Gasteiger charge is 2.53. The van der Waals surface area contributed by atoms with Gasteiger partial charge in [-0.3, -0.25) is 19.4 Å². The average Bonchev–Trinajstić information content (AvgIpc) is 4.22. The molecule has 2 atom stereocenters. The summed E-state index contributed by atoms with van der Waals surface area (Å²) in [5, 5.41) is 15.8. The maximum Gasteiger partial charge on any atom is 0.416 e. The molecule has 1 spiro atoms. The van der Waals surface area contributed by atoms with Crippen LogP contribution in [0.1, 0.15) is 125 Å². The molecule has 4 aromatic carbocycles. The Morgan fingerprint density at radius 2 is 1.13 bits per heavy atom. The summed E-state index contributed by atoms with van der Waals surface area (Å²) in [5.41, 5.74) is 2.83. The molecule has 4 aromatic rings. The number of carbonyl (C=O) groups is 4. The van der Waals surface area contributed by atoms with Gasteiger partial charge in [-0.15, -0.1) is 0 Å². The molecule has 2 saturated heterocycles. The highest BCUT2D eigenvalue weighted by molar-refractivity contribution is 6.02. The molecule has 0 aromatic heterocycles. The second kappa shape index (κ2) is 16.7.